The molecule has 3 amide bonds. The van der Waals surface area contributed by atoms with Gasteiger partial charge in [-0.3, -0.25) is 9.59 Å². The highest BCUT2D eigenvalue weighted by molar-refractivity contribution is 5.91. The first-order valence-electron chi connectivity index (χ1n) is 12.2. The Morgan fingerprint density at radius 3 is 2.47 bits per heavy atom. The van der Waals surface area contributed by atoms with Crippen LogP contribution in [0.3, 0.4) is 0 Å². The first-order valence-corrected chi connectivity index (χ1v) is 12.2. The molecule has 0 unspecified atom stereocenters. The molecule has 0 bridgehead atoms. The molecule has 3 heterocycles. The van der Waals surface area contributed by atoms with Gasteiger partial charge in [0, 0.05) is 50.5 Å². The fourth-order valence-corrected chi connectivity index (χ4v) is 4.28. The van der Waals surface area contributed by atoms with E-state index in [0.717, 1.165) is 31.5 Å². The van der Waals surface area contributed by atoms with Gasteiger partial charge in [0.1, 0.15) is 5.76 Å². The van der Waals surface area contributed by atoms with Crippen molar-refractivity contribution in [3.05, 3.63) is 47.7 Å². The summed E-state index contributed by atoms with van der Waals surface area (Å²) in [6.45, 7) is 7.79. The standard InChI is InChI=1S/C25H34N4O5/c1-3-11-29(23(30)19-7-8-19)17-20-6-5-12-28(20)18-21-9-10-22(34-21)24(31)26-13-15-27(16-14-26)25(32)33-4-2/h5-6,9-10,12,19H,3-4,7-8,11,13-18H2,1-2H3. The lowest BCUT2D eigenvalue weighted by atomic mass is 10.2. The Labute approximate surface area is 200 Å². The van der Waals surface area contributed by atoms with Gasteiger partial charge in [-0.2, -0.15) is 0 Å². The highest BCUT2D eigenvalue weighted by Crippen LogP contribution is 2.31. The van der Waals surface area contributed by atoms with Crippen molar-refractivity contribution in [2.45, 2.75) is 46.2 Å². The third-order valence-electron chi connectivity index (χ3n) is 6.30. The van der Waals surface area contributed by atoms with Crippen molar-refractivity contribution in [3.8, 4) is 0 Å². The van der Waals surface area contributed by atoms with E-state index in [0.29, 0.717) is 57.4 Å². The van der Waals surface area contributed by atoms with Gasteiger partial charge in [-0.25, -0.2) is 4.79 Å². The third-order valence-corrected chi connectivity index (χ3v) is 6.30. The lowest BCUT2D eigenvalue weighted by Gasteiger charge is -2.33. The first-order chi connectivity index (χ1) is 16.5. The molecular weight excluding hydrogens is 436 g/mol. The van der Waals surface area contributed by atoms with Crippen LogP contribution in [0.5, 0.6) is 0 Å². The van der Waals surface area contributed by atoms with Gasteiger partial charge in [-0.05, 0) is 50.5 Å². The van der Waals surface area contributed by atoms with Crippen LogP contribution >= 0.6 is 0 Å². The zero-order valence-electron chi connectivity index (χ0n) is 20.1. The first kappa shape index (κ1) is 23.9. The van der Waals surface area contributed by atoms with Gasteiger partial charge in [0.05, 0.1) is 19.7 Å². The summed E-state index contributed by atoms with van der Waals surface area (Å²) < 4.78 is 13.0. The van der Waals surface area contributed by atoms with Crippen LogP contribution in [0, 0.1) is 5.92 Å². The molecule has 0 radical (unpaired) electrons. The molecule has 2 aromatic rings. The maximum atomic E-state index is 12.9. The number of rotatable bonds is 9. The van der Waals surface area contributed by atoms with E-state index in [4.69, 9.17) is 9.15 Å². The Balaban J connectivity index is 1.35. The van der Waals surface area contributed by atoms with Gasteiger partial charge >= 0.3 is 6.09 Å². The minimum Gasteiger partial charge on any atom is -0.454 e. The van der Waals surface area contributed by atoms with E-state index in [1.807, 2.05) is 29.3 Å². The van der Waals surface area contributed by atoms with Gasteiger partial charge in [0.25, 0.3) is 5.91 Å². The predicted molar refractivity (Wildman–Crippen MR) is 125 cm³/mol. The molecule has 9 heteroatoms. The number of hydrogen-bond acceptors (Lipinski definition) is 5. The summed E-state index contributed by atoms with van der Waals surface area (Å²) in [5.41, 5.74) is 1.04. The van der Waals surface area contributed by atoms with Crippen molar-refractivity contribution in [1.29, 1.82) is 0 Å². The molecule has 0 N–H and O–H groups in total. The molecule has 2 fully saturated rings. The molecule has 184 valence electrons. The number of piperazine rings is 1. The van der Waals surface area contributed by atoms with Gasteiger partial charge < -0.3 is 28.4 Å². The van der Waals surface area contributed by atoms with E-state index in [-0.39, 0.29) is 23.8 Å². The van der Waals surface area contributed by atoms with Crippen LogP contribution in [0.15, 0.2) is 34.9 Å². The van der Waals surface area contributed by atoms with Crippen molar-refractivity contribution >= 4 is 17.9 Å². The molecule has 1 saturated carbocycles. The predicted octanol–water partition coefficient (Wildman–Crippen LogP) is 3.19. The smallest absolute Gasteiger partial charge is 0.409 e. The lowest BCUT2D eigenvalue weighted by Crippen LogP contribution is -2.50. The molecular formula is C25H34N4O5. The van der Waals surface area contributed by atoms with Crippen LogP contribution < -0.4 is 0 Å². The topological polar surface area (TPSA) is 88.2 Å². The number of carbonyl (C=O) groups excluding carboxylic acids is 3. The van der Waals surface area contributed by atoms with Crippen molar-refractivity contribution in [2.24, 2.45) is 5.92 Å². The highest BCUT2D eigenvalue weighted by atomic mass is 16.6. The van der Waals surface area contributed by atoms with Crippen LogP contribution in [0.25, 0.3) is 0 Å². The molecule has 9 nitrogen and oxygen atoms in total. The van der Waals surface area contributed by atoms with Gasteiger partial charge in [0.2, 0.25) is 5.91 Å². The van der Waals surface area contributed by atoms with Crippen molar-refractivity contribution in [1.82, 2.24) is 19.3 Å². The Bertz CT molecular complexity index is 1000. The minimum atomic E-state index is -0.339. The second kappa shape index (κ2) is 10.8. The van der Waals surface area contributed by atoms with Gasteiger partial charge in [0.15, 0.2) is 5.76 Å². The second-order valence-corrected chi connectivity index (χ2v) is 8.91. The van der Waals surface area contributed by atoms with Crippen LogP contribution in [0.2, 0.25) is 0 Å². The Hall–Kier alpha value is -3.23. The molecule has 2 aliphatic rings. The summed E-state index contributed by atoms with van der Waals surface area (Å²) in [7, 11) is 0. The molecule has 0 spiro atoms. The van der Waals surface area contributed by atoms with Crippen LogP contribution in [-0.2, 0) is 22.6 Å². The van der Waals surface area contributed by atoms with E-state index in [1.54, 1.807) is 22.8 Å². The Kier molecular flexibility index (Phi) is 7.59. The van der Waals surface area contributed by atoms with E-state index in [9.17, 15) is 14.4 Å². The number of furan rings is 1. The Morgan fingerprint density at radius 1 is 1.06 bits per heavy atom. The van der Waals surface area contributed by atoms with Crippen LogP contribution in [0.4, 0.5) is 4.79 Å². The summed E-state index contributed by atoms with van der Waals surface area (Å²) in [5.74, 6) is 1.26. The number of ether oxygens (including phenoxy) is 1. The third kappa shape index (κ3) is 5.63. The van der Waals surface area contributed by atoms with Crippen molar-refractivity contribution < 1.29 is 23.5 Å². The average molecular weight is 471 g/mol. The second-order valence-electron chi connectivity index (χ2n) is 8.91. The van der Waals surface area contributed by atoms with Crippen LogP contribution in [0.1, 0.15) is 55.1 Å². The average Bonchev–Trinajstić information content (AvgIpc) is 3.45. The number of aromatic nitrogens is 1. The SMILES string of the molecule is CCCN(Cc1cccn1Cc1ccc(C(=O)N2CCN(C(=O)OCC)CC2)o1)C(=O)C1CC1. The van der Waals surface area contributed by atoms with E-state index in [2.05, 4.69) is 11.5 Å². The molecule has 34 heavy (non-hydrogen) atoms. The fraction of sp³-hybridized carbons (Fsp3) is 0.560. The number of amides is 3. The maximum absolute atomic E-state index is 12.9. The zero-order valence-corrected chi connectivity index (χ0v) is 20.1. The molecule has 0 aromatic carbocycles. The monoisotopic (exact) mass is 470 g/mol. The molecule has 2 aromatic heterocycles. The fourth-order valence-electron chi connectivity index (χ4n) is 4.28. The molecule has 1 aliphatic carbocycles. The van der Waals surface area contributed by atoms with E-state index >= 15 is 0 Å². The quantitative estimate of drug-likeness (QED) is 0.562. The zero-order chi connectivity index (χ0) is 24.1. The summed E-state index contributed by atoms with van der Waals surface area (Å²) >= 11 is 0. The lowest BCUT2D eigenvalue weighted by molar-refractivity contribution is -0.133. The molecule has 1 saturated heterocycles. The summed E-state index contributed by atoms with van der Waals surface area (Å²) in [6.07, 6.45) is 4.56. The van der Waals surface area contributed by atoms with E-state index in [1.165, 1.54) is 0 Å². The van der Waals surface area contributed by atoms with Gasteiger partial charge in [-0.1, -0.05) is 6.92 Å². The highest BCUT2D eigenvalue weighted by Gasteiger charge is 2.33. The number of carbonyl (C=O) groups is 3. The normalized spacial score (nSPS) is 15.9. The molecule has 1 aliphatic heterocycles. The number of nitrogens with zero attached hydrogens (tertiary/aromatic N) is 4. The molecule has 0 atom stereocenters. The Morgan fingerprint density at radius 2 is 1.79 bits per heavy atom. The molecule has 4 rings (SSSR count). The summed E-state index contributed by atoms with van der Waals surface area (Å²) in [5, 5.41) is 0. The summed E-state index contributed by atoms with van der Waals surface area (Å²) in [4.78, 5) is 42.7. The maximum Gasteiger partial charge on any atom is 0.409 e. The largest absolute Gasteiger partial charge is 0.454 e. The van der Waals surface area contributed by atoms with Crippen LogP contribution in [-0.4, -0.2) is 76.5 Å². The van der Waals surface area contributed by atoms with Gasteiger partial charge in [-0.15, -0.1) is 0 Å². The minimum absolute atomic E-state index is 0.174. The van der Waals surface area contributed by atoms with E-state index < -0.39 is 0 Å². The van der Waals surface area contributed by atoms with Crippen molar-refractivity contribution in [2.75, 3.05) is 39.3 Å². The summed E-state index contributed by atoms with van der Waals surface area (Å²) in [6, 6.07) is 7.53. The number of hydrogen-bond donors (Lipinski definition) is 0. The van der Waals surface area contributed by atoms with Crippen molar-refractivity contribution in [3.63, 3.8) is 0 Å².